The number of fused-ring (bicyclic) bond motifs is 1. The van der Waals surface area contributed by atoms with Crippen LogP contribution < -0.4 is 4.90 Å². The molecule has 0 saturated carbocycles. The third-order valence-electron chi connectivity index (χ3n) is 6.29. The van der Waals surface area contributed by atoms with E-state index in [0.717, 1.165) is 6.07 Å². The zero-order valence-corrected chi connectivity index (χ0v) is 21.6. The Kier molecular flexibility index (Phi) is 6.57. The molecule has 1 aromatic carbocycles. The molecule has 1 saturated heterocycles. The number of ketones is 1. The van der Waals surface area contributed by atoms with Crippen LogP contribution >= 0.6 is 0 Å². The van der Waals surface area contributed by atoms with Gasteiger partial charge in [0.05, 0.1) is 23.0 Å². The maximum absolute atomic E-state index is 13.4. The molecule has 0 radical (unpaired) electrons. The Balaban J connectivity index is 1.31. The number of halogens is 3. The number of rotatable bonds is 4. The molecule has 0 unspecified atom stereocenters. The maximum atomic E-state index is 13.4. The lowest BCUT2D eigenvalue weighted by Gasteiger charge is -2.36. The Bertz CT molecular complexity index is 1530. The largest absolute Gasteiger partial charge is 0.444 e. The van der Waals surface area contributed by atoms with Crippen molar-refractivity contribution in [3.63, 3.8) is 0 Å². The van der Waals surface area contributed by atoms with E-state index in [-0.39, 0.29) is 11.7 Å². The van der Waals surface area contributed by atoms with E-state index >= 15 is 0 Å². The highest BCUT2D eigenvalue weighted by molar-refractivity contribution is 6.10. The van der Waals surface area contributed by atoms with Crippen molar-refractivity contribution < 1.29 is 27.5 Å². The molecular weight excluding hydrogens is 513 g/mol. The summed E-state index contributed by atoms with van der Waals surface area (Å²) in [5.74, 6) is 0.394. The second-order valence-electron chi connectivity index (χ2n) is 10.3. The number of hydrogen-bond acceptors (Lipinski definition) is 6. The average molecular weight is 541 g/mol. The summed E-state index contributed by atoms with van der Waals surface area (Å²) >= 11 is 0. The molecule has 0 aliphatic carbocycles. The lowest BCUT2D eigenvalue weighted by Crippen LogP contribution is -2.50. The number of ether oxygens (including phenoxy) is 1. The molecule has 0 spiro atoms. The zero-order chi connectivity index (χ0) is 27.9. The first kappa shape index (κ1) is 26.3. The summed E-state index contributed by atoms with van der Waals surface area (Å²) in [4.78, 5) is 44.1. The first-order chi connectivity index (χ1) is 18.4. The van der Waals surface area contributed by atoms with E-state index in [1.54, 1.807) is 11.1 Å². The minimum absolute atomic E-state index is 0.0869. The fraction of sp³-hybridized carbons (Fsp3) is 0.333. The molecule has 4 heterocycles. The van der Waals surface area contributed by atoms with Gasteiger partial charge in [0.2, 0.25) is 0 Å². The molecule has 1 aliphatic rings. The number of carbonyl (C=O) groups is 2. The average Bonchev–Trinajstić information content (AvgIpc) is 3.54. The van der Waals surface area contributed by atoms with Crippen molar-refractivity contribution in [3.05, 3.63) is 65.5 Å². The van der Waals surface area contributed by atoms with Crippen molar-refractivity contribution in [2.75, 3.05) is 31.1 Å². The quantitative estimate of drug-likeness (QED) is 0.342. The standard InChI is InChI=1S/C27H27F3N6O3/c1-26(2,3)39-25(38)36-10-8-35(9-11-36)22-13-19-21(15-32-22)34-24(33-19)20-12-16(14-31-20)23(37)17-6-4-5-7-18(17)27(28,29)30/h4-7,12-15,31H,8-11H2,1-3H3,(H,33,34). The van der Waals surface area contributed by atoms with Gasteiger partial charge in [0.25, 0.3) is 0 Å². The highest BCUT2D eigenvalue weighted by Crippen LogP contribution is 2.33. The molecule has 1 aliphatic heterocycles. The van der Waals surface area contributed by atoms with Crippen molar-refractivity contribution >= 4 is 28.7 Å². The van der Waals surface area contributed by atoms with Crippen molar-refractivity contribution in [3.8, 4) is 11.5 Å². The monoisotopic (exact) mass is 540 g/mol. The van der Waals surface area contributed by atoms with Crippen LogP contribution in [0.15, 0.2) is 48.8 Å². The van der Waals surface area contributed by atoms with Gasteiger partial charge in [0.15, 0.2) is 11.6 Å². The number of nitrogens with one attached hydrogen (secondary N) is 2. The molecule has 12 heteroatoms. The summed E-state index contributed by atoms with van der Waals surface area (Å²) in [6.07, 6.45) is -1.99. The normalized spacial score (nSPS) is 14.6. The van der Waals surface area contributed by atoms with E-state index in [0.29, 0.717) is 54.5 Å². The van der Waals surface area contributed by atoms with Crippen molar-refractivity contribution in [2.45, 2.75) is 32.5 Å². The van der Waals surface area contributed by atoms with Gasteiger partial charge in [0.1, 0.15) is 16.9 Å². The van der Waals surface area contributed by atoms with Crippen LogP contribution in [0.5, 0.6) is 0 Å². The number of piperazine rings is 1. The van der Waals surface area contributed by atoms with E-state index in [1.807, 2.05) is 26.8 Å². The van der Waals surface area contributed by atoms with Crippen LogP contribution in [-0.2, 0) is 10.9 Å². The van der Waals surface area contributed by atoms with Crippen LogP contribution in [0.1, 0.15) is 42.3 Å². The number of alkyl halides is 3. The number of anilines is 1. The van der Waals surface area contributed by atoms with Gasteiger partial charge in [-0.25, -0.2) is 14.8 Å². The van der Waals surface area contributed by atoms with Crippen molar-refractivity contribution in [2.24, 2.45) is 0 Å². The van der Waals surface area contributed by atoms with Crippen LogP contribution in [0, 0.1) is 0 Å². The van der Waals surface area contributed by atoms with Gasteiger partial charge >= 0.3 is 12.3 Å². The minimum atomic E-state index is -4.64. The number of pyridine rings is 1. The van der Waals surface area contributed by atoms with E-state index in [1.165, 1.54) is 30.5 Å². The van der Waals surface area contributed by atoms with E-state index in [2.05, 4.69) is 24.8 Å². The molecular formula is C27H27F3N6O3. The van der Waals surface area contributed by atoms with Gasteiger partial charge in [-0.1, -0.05) is 18.2 Å². The maximum Gasteiger partial charge on any atom is 0.417 e. The summed E-state index contributed by atoms with van der Waals surface area (Å²) in [6, 6.07) is 8.03. The molecule has 3 aromatic heterocycles. The number of H-pyrrole nitrogens is 2. The molecule has 0 bridgehead atoms. The molecule has 5 rings (SSSR count). The van der Waals surface area contributed by atoms with E-state index < -0.39 is 28.7 Å². The smallest absolute Gasteiger partial charge is 0.417 e. The summed E-state index contributed by atoms with van der Waals surface area (Å²) in [6.45, 7) is 7.66. The molecule has 1 fully saturated rings. The number of aromatic amines is 2. The molecule has 4 aromatic rings. The molecule has 0 atom stereocenters. The topological polar surface area (TPSA) is 107 Å². The zero-order valence-electron chi connectivity index (χ0n) is 21.6. The number of benzene rings is 1. The van der Waals surface area contributed by atoms with Gasteiger partial charge < -0.3 is 24.5 Å². The summed E-state index contributed by atoms with van der Waals surface area (Å²) in [7, 11) is 0. The highest BCUT2D eigenvalue weighted by Gasteiger charge is 2.35. The number of imidazole rings is 1. The molecule has 39 heavy (non-hydrogen) atoms. The van der Waals surface area contributed by atoms with Gasteiger partial charge in [-0.05, 0) is 32.9 Å². The van der Waals surface area contributed by atoms with Gasteiger partial charge in [-0.15, -0.1) is 0 Å². The Morgan fingerprint density at radius 2 is 1.74 bits per heavy atom. The lowest BCUT2D eigenvalue weighted by molar-refractivity contribution is -0.137. The number of amides is 1. The van der Waals surface area contributed by atoms with E-state index in [4.69, 9.17) is 4.74 Å². The van der Waals surface area contributed by atoms with Crippen LogP contribution in [0.3, 0.4) is 0 Å². The lowest BCUT2D eigenvalue weighted by atomic mass is 9.99. The van der Waals surface area contributed by atoms with Gasteiger partial charge in [-0.3, -0.25) is 4.79 Å². The summed E-state index contributed by atoms with van der Waals surface area (Å²) in [5.41, 5.74) is -0.122. The SMILES string of the molecule is CC(C)(C)OC(=O)N1CCN(c2cc3[nH]c(-c4cc(C(=O)c5ccccc5C(F)(F)F)c[nH]4)nc3cn2)CC1. The van der Waals surface area contributed by atoms with Crippen LogP contribution in [0.2, 0.25) is 0 Å². The molecule has 9 nitrogen and oxygen atoms in total. The third-order valence-corrected chi connectivity index (χ3v) is 6.29. The summed E-state index contributed by atoms with van der Waals surface area (Å²) < 4.78 is 45.6. The fourth-order valence-electron chi connectivity index (χ4n) is 4.39. The third kappa shape index (κ3) is 5.59. The Morgan fingerprint density at radius 3 is 2.44 bits per heavy atom. The number of hydrogen-bond donors (Lipinski definition) is 2. The fourth-order valence-corrected chi connectivity index (χ4v) is 4.39. The molecule has 2 N–H and O–H groups in total. The van der Waals surface area contributed by atoms with Gasteiger partial charge in [0, 0.05) is 49.6 Å². The van der Waals surface area contributed by atoms with Crippen molar-refractivity contribution in [1.29, 1.82) is 0 Å². The van der Waals surface area contributed by atoms with E-state index in [9.17, 15) is 22.8 Å². The van der Waals surface area contributed by atoms with Gasteiger partial charge in [-0.2, -0.15) is 13.2 Å². The van der Waals surface area contributed by atoms with Crippen LogP contribution in [0.25, 0.3) is 22.6 Å². The minimum Gasteiger partial charge on any atom is -0.444 e. The van der Waals surface area contributed by atoms with Crippen molar-refractivity contribution in [1.82, 2.24) is 24.8 Å². The number of carbonyl (C=O) groups excluding carboxylic acids is 2. The predicted molar refractivity (Wildman–Crippen MR) is 139 cm³/mol. The summed E-state index contributed by atoms with van der Waals surface area (Å²) in [5, 5.41) is 0. The number of aromatic nitrogens is 4. The first-order valence-electron chi connectivity index (χ1n) is 12.4. The number of nitrogens with zero attached hydrogens (tertiary/aromatic N) is 4. The van der Waals surface area contributed by atoms with Crippen LogP contribution in [0.4, 0.5) is 23.8 Å². The Hall–Kier alpha value is -4.35. The Labute approximate surface area is 222 Å². The second kappa shape index (κ2) is 9.75. The second-order valence-corrected chi connectivity index (χ2v) is 10.3. The Morgan fingerprint density at radius 1 is 1.03 bits per heavy atom. The first-order valence-corrected chi connectivity index (χ1v) is 12.4. The highest BCUT2D eigenvalue weighted by atomic mass is 19.4. The molecule has 1 amide bonds. The van der Waals surface area contributed by atoms with Crippen LogP contribution in [-0.4, -0.2) is 68.5 Å². The molecule has 204 valence electrons. The predicted octanol–water partition coefficient (Wildman–Crippen LogP) is 5.26.